The molecule has 0 bridgehead atoms. The molecule has 6 heteroatoms. The second-order valence-corrected chi connectivity index (χ2v) is 5.71. The van der Waals surface area contributed by atoms with Crippen molar-refractivity contribution in [3.05, 3.63) is 29.8 Å². The zero-order chi connectivity index (χ0) is 16.7. The number of nitrogens with zero attached hydrogens (tertiary/aromatic N) is 1. The van der Waals surface area contributed by atoms with Crippen molar-refractivity contribution in [2.24, 2.45) is 0 Å². The number of hydrogen-bond donors (Lipinski definition) is 2. The van der Waals surface area contributed by atoms with Crippen molar-refractivity contribution in [2.45, 2.75) is 26.3 Å². The fourth-order valence-corrected chi connectivity index (χ4v) is 2.29. The highest BCUT2D eigenvalue weighted by atomic mass is 16.5. The Morgan fingerprint density at radius 2 is 1.87 bits per heavy atom. The van der Waals surface area contributed by atoms with Crippen molar-refractivity contribution in [1.29, 1.82) is 0 Å². The topological polar surface area (TPSA) is 70.7 Å². The maximum atomic E-state index is 12.3. The Morgan fingerprint density at radius 3 is 2.48 bits per heavy atom. The normalized spacial score (nSPS) is 15.8. The first-order valence-corrected chi connectivity index (χ1v) is 8.10. The van der Waals surface area contributed by atoms with Gasteiger partial charge in [-0.1, -0.05) is 6.92 Å². The summed E-state index contributed by atoms with van der Waals surface area (Å²) in [6, 6.07) is 7.39. The monoisotopic (exact) mass is 319 g/mol. The summed E-state index contributed by atoms with van der Waals surface area (Å²) >= 11 is 0. The number of ether oxygens (including phenoxy) is 1. The Bertz CT molecular complexity index is 524. The molecule has 126 valence electrons. The van der Waals surface area contributed by atoms with Crippen LogP contribution in [0.4, 0.5) is 5.69 Å². The van der Waals surface area contributed by atoms with Gasteiger partial charge in [-0.2, -0.15) is 0 Å². The van der Waals surface area contributed by atoms with Crippen LogP contribution in [0, 0.1) is 0 Å². The smallest absolute Gasteiger partial charge is 0.254 e. The molecule has 6 nitrogen and oxygen atoms in total. The average Bonchev–Trinajstić information content (AvgIpc) is 2.60. The van der Waals surface area contributed by atoms with Gasteiger partial charge in [0.2, 0.25) is 5.91 Å². The first-order valence-electron chi connectivity index (χ1n) is 8.10. The summed E-state index contributed by atoms with van der Waals surface area (Å²) in [6.07, 6.45) is 0.907. The van der Waals surface area contributed by atoms with Crippen molar-refractivity contribution >= 4 is 17.5 Å². The third-order valence-corrected chi connectivity index (χ3v) is 3.90. The van der Waals surface area contributed by atoms with Gasteiger partial charge in [-0.15, -0.1) is 0 Å². The first-order chi connectivity index (χ1) is 11.1. The standard InChI is InChI=1S/C17H25N3O3/c1-3-13(2)19-16(21)12-18-15-6-4-14(5-7-15)17(22)20-8-10-23-11-9-20/h4-7,13,18H,3,8-12H2,1-2H3,(H,19,21). The van der Waals surface area contributed by atoms with Gasteiger partial charge in [-0.3, -0.25) is 9.59 Å². The molecule has 1 saturated heterocycles. The van der Waals surface area contributed by atoms with E-state index in [4.69, 9.17) is 4.74 Å². The molecule has 2 rings (SSSR count). The quantitative estimate of drug-likeness (QED) is 0.833. The number of carbonyl (C=O) groups excluding carboxylic acids is 2. The molecule has 2 N–H and O–H groups in total. The Balaban J connectivity index is 1.84. The van der Waals surface area contributed by atoms with Gasteiger partial charge >= 0.3 is 0 Å². The van der Waals surface area contributed by atoms with Crippen molar-refractivity contribution in [2.75, 3.05) is 38.2 Å². The summed E-state index contributed by atoms with van der Waals surface area (Å²) in [5.41, 5.74) is 1.48. The van der Waals surface area contributed by atoms with Gasteiger partial charge in [-0.25, -0.2) is 0 Å². The van der Waals surface area contributed by atoms with Gasteiger partial charge in [0.25, 0.3) is 5.91 Å². The number of hydrogen-bond acceptors (Lipinski definition) is 4. The van der Waals surface area contributed by atoms with E-state index in [1.165, 1.54) is 0 Å². The third kappa shape index (κ3) is 5.25. The molecule has 1 atom stereocenters. The lowest BCUT2D eigenvalue weighted by Crippen LogP contribution is -2.40. The largest absolute Gasteiger partial charge is 0.378 e. The number of amides is 2. The highest BCUT2D eigenvalue weighted by Crippen LogP contribution is 2.12. The van der Waals surface area contributed by atoms with Gasteiger partial charge in [0.1, 0.15) is 0 Å². The molecule has 1 unspecified atom stereocenters. The van der Waals surface area contributed by atoms with Crippen molar-refractivity contribution in [3.8, 4) is 0 Å². The molecule has 1 heterocycles. The second-order valence-electron chi connectivity index (χ2n) is 5.71. The van der Waals surface area contributed by atoms with Crippen molar-refractivity contribution < 1.29 is 14.3 Å². The Labute approximate surface area is 137 Å². The van der Waals surface area contributed by atoms with Gasteiger partial charge in [0.15, 0.2) is 0 Å². The molecule has 1 fully saturated rings. The van der Waals surface area contributed by atoms with Crippen molar-refractivity contribution in [1.82, 2.24) is 10.2 Å². The number of morpholine rings is 1. The molecule has 1 aliphatic rings. The van der Waals surface area contributed by atoms with E-state index in [1.807, 2.05) is 26.0 Å². The van der Waals surface area contributed by atoms with Crippen LogP contribution < -0.4 is 10.6 Å². The zero-order valence-corrected chi connectivity index (χ0v) is 13.8. The van der Waals surface area contributed by atoms with Gasteiger partial charge in [0.05, 0.1) is 19.8 Å². The summed E-state index contributed by atoms with van der Waals surface area (Å²) in [5, 5.41) is 5.96. The summed E-state index contributed by atoms with van der Waals surface area (Å²) in [6.45, 7) is 6.68. The SMILES string of the molecule is CCC(C)NC(=O)CNc1ccc(C(=O)N2CCOCC2)cc1. The van der Waals surface area contributed by atoms with Gasteiger partial charge in [-0.05, 0) is 37.6 Å². The Morgan fingerprint density at radius 1 is 1.22 bits per heavy atom. The molecule has 0 aromatic heterocycles. The van der Waals surface area contributed by atoms with Crippen LogP contribution in [0.3, 0.4) is 0 Å². The second kappa shape index (κ2) is 8.53. The number of carbonyl (C=O) groups is 2. The fraction of sp³-hybridized carbons (Fsp3) is 0.529. The molecule has 1 aromatic carbocycles. The maximum absolute atomic E-state index is 12.3. The molecule has 2 amide bonds. The highest BCUT2D eigenvalue weighted by Gasteiger charge is 2.18. The van der Waals surface area contributed by atoms with Crippen LogP contribution in [0.25, 0.3) is 0 Å². The van der Waals surface area contributed by atoms with E-state index in [2.05, 4.69) is 10.6 Å². The van der Waals surface area contributed by atoms with Gasteiger partial charge < -0.3 is 20.3 Å². The molecular formula is C17H25N3O3. The van der Waals surface area contributed by atoms with E-state index in [-0.39, 0.29) is 24.4 Å². The highest BCUT2D eigenvalue weighted by molar-refractivity contribution is 5.94. The molecule has 0 radical (unpaired) electrons. The van der Waals surface area contributed by atoms with Crippen LogP contribution in [-0.2, 0) is 9.53 Å². The summed E-state index contributed by atoms with van der Waals surface area (Å²) in [7, 11) is 0. The predicted molar refractivity (Wildman–Crippen MR) is 89.5 cm³/mol. The lowest BCUT2D eigenvalue weighted by Gasteiger charge is -2.26. The first kappa shape index (κ1) is 17.3. The predicted octanol–water partition coefficient (Wildman–Crippen LogP) is 1.49. The van der Waals surface area contributed by atoms with Crippen LogP contribution >= 0.6 is 0 Å². The van der Waals surface area contributed by atoms with Crippen LogP contribution in [0.5, 0.6) is 0 Å². The molecule has 0 aliphatic carbocycles. The number of benzene rings is 1. The van der Waals surface area contributed by atoms with Crippen LogP contribution in [0.15, 0.2) is 24.3 Å². The summed E-state index contributed by atoms with van der Waals surface area (Å²) < 4.78 is 5.25. The Hall–Kier alpha value is -2.08. The lowest BCUT2D eigenvalue weighted by atomic mass is 10.1. The zero-order valence-electron chi connectivity index (χ0n) is 13.8. The fourth-order valence-electron chi connectivity index (χ4n) is 2.29. The van der Waals surface area contributed by atoms with E-state index >= 15 is 0 Å². The number of rotatable bonds is 6. The van der Waals surface area contributed by atoms with Crippen molar-refractivity contribution in [3.63, 3.8) is 0 Å². The Kier molecular flexibility index (Phi) is 6.40. The lowest BCUT2D eigenvalue weighted by molar-refractivity contribution is -0.120. The average molecular weight is 319 g/mol. The third-order valence-electron chi connectivity index (χ3n) is 3.90. The van der Waals surface area contributed by atoms with E-state index in [0.29, 0.717) is 31.9 Å². The molecular weight excluding hydrogens is 294 g/mol. The summed E-state index contributed by atoms with van der Waals surface area (Å²) in [5.74, 6) is -0.0119. The maximum Gasteiger partial charge on any atom is 0.254 e. The minimum absolute atomic E-state index is 0.0226. The minimum Gasteiger partial charge on any atom is -0.378 e. The van der Waals surface area contributed by atoms with Gasteiger partial charge in [0, 0.05) is 30.4 Å². The van der Waals surface area contributed by atoms with E-state index in [9.17, 15) is 9.59 Å². The van der Waals surface area contributed by atoms with Crippen LogP contribution in [0.1, 0.15) is 30.6 Å². The molecule has 0 saturated carbocycles. The molecule has 1 aromatic rings. The molecule has 23 heavy (non-hydrogen) atoms. The number of anilines is 1. The molecule has 1 aliphatic heterocycles. The van der Waals surface area contributed by atoms with Crippen LogP contribution in [-0.4, -0.2) is 55.6 Å². The van der Waals surface area contributed by atoms with Crippen LogP contribution in [0.2, 0.25) is 0 Å². The number of nitrogens with one attached hydrogen (secondary N) is 2. The van der Waals surface area contributed by atoms with E-state index in [0.717, 1.165) is 12.1 Å². The minimum atomic E-state index is -0.0344. The van der Waals surface area contributed by atoms with E-state index < -0.39 is 0 Å². The van der Waals surface area contributed by atoms with E-state index in [1.54, 1.807) is 17.0 Å². The summed E-state index contributed by atoms with van der Waals surface area (Å²) in [4.78, 5) is 25.8. The molecule has 0 spiro atoms.